The van der Waals surface area contributed by atoms with E-state index < -0.39 is 30.1 Å². The average molecular weight is 471 g/mol. The van der Waals surface area contributed by atoms with Crippen LogP contribution in [0.3, 0.4) is 0 Å². The van der Waals surface area contributed by atoms with Crippen molar-refractivity contribution in [2.24, 2.45) is 0 Å². The van der Waals surface area contributed by atoms with Crippen molar-refractivity contribution in [2.75, 3.05) is 20.3 Å². The van der Waals surface area contributed by atoms with Crippen molar-refractivity contribution in [1.82, 2.24) is 10.8 Å². The highest BCUT2D eigenvalue weighted by Crippen LogP contribution is 2.44. The molecule has 9 heteroatoms. The molecule has 0 aliphatic heterocycles. The van der Waals surface area contributed by atoms with E-state index >= 15 is 0 Å². The molecule has 1 aliphatic carbocycles. The first-order valence-electron chi connectivity index (χ1n) is 11.2. The first-order chi connectivity index (χ1) is 16.4. The Labute approximate surface area is 198 Å². The van der Waals surface area contributed by atoms with E-state index in [4.69, 9.17) is 19.4 Å². The minimum atomic E-state index is -1.33. The summed E-state index contributed by atoms with van der Waals surface area (Å²) in [5.74, 6) is -1.88. The lowest BCUT2D eigenvalue weighted by atomic mass is 9.98. The zero-order chi connectivity index (χ0) is 24.5. The molecule has 2 amide bonds. The van der Waals surface area contributed by atoms with E-state index in [1.54, 1.807) is 0 Å². The lowest BCUT2D eigenvalue weighted by Gasteiger charge is -2.20. The van der Waals surface area contributed by atoms with Gasteiger partial charge in [0.25, 0.3) is 0 Å². The van der Waals surface area contributed by atoms with Gasteiger partial charge in [-0.1, -0.05) is 61.9 Å². The first-order valence-corrected chi connectivity index (χ1v) is 11.2. The van der Waals surface area contributed by atoms with Gasteiger partial charge in [-0.25, -0.2) is 15.1 Å². The number of hydrogen-bond acceptors (Lipinski definition) is 6. The van der Waals surface area contributed by atoms with Crippen molar-refractivity contribution >= 4 is 18.0 Å². The molecule has 0 spiro atoms. The number of methoxy groups -OCH3 is 1. The summed E-state index contributed by atoms with van der Waals surface area (Å²) in [4.78, 5) is 40.7. The number of alkyl carbamates (subject to hydrolysis) is 1. The number of rotatable bonds is 12. The smallest absolute Gasteiger partial charge is 0.407 e. The zero-order valence-corrected chi connectivity index (χ0v) is 19.3. The molecule has 2 aromatic rings. The van der Waals surface area contributed by atoms with Crippen LogP contribution in [-0.4, -0.2) is 55.5 Å². The van der Waals surface area contributed by atoms with E-state index in [1.165, 1.54) is 7.11 Å². The van der Waals surface area contributed by atoms with Crippen molar-refractivity contribution in [3.8, 4) is 11.1 Å². The number of nitrogens with one attached hydrogen (secondary N) is 2. The van der Waals surface area contributed by atoms with E-state index in [0.717, 1.165) is 28.7 Å². The Hall–Kier alpha value is -3.43. The van der Waals surface area contributed by atoms with E-state index in [-0.39, 0.29) is 25.6 Å². The summed E-state index contributed by atoms with van der Waals surface area (Å²) in [6, 6.07) is 15.6. The lowest BCUT2D eigenvalue weighted by Crippen LogP contribution is -2.42. The minimum absolute atomic E-state index is 0.0618. The molecular weight excluding hydrogens is 440 g/mol. The maximum absolute atomic E-state index is 12.5. The molecule has 0 saturated heterocycles. The van der Waals surface area contributed by atoms with Gasteiger partial charge in [-0.2, -0.15) is 0 Å². The molecule has 2 aromatic carbocycles. The number of carboxylic acids is 1. The predicted molar refractivity (Wildman–Crippen MR) is 124 cm³/mol. The predicted octanol–water partition coefficient (Wildman–Crippen LogP) is 3.23. The molecule has 0 aromatic heterocycles. The summed E-state index contributed by atoms with van der Waals surface area (Å²) < 4.78 is 10.3. The fourth-order valence-corrected chi connectivity index (χ4v) is 4.09. The molecule has 3 rings (SSSR count). The quantitative estimate of drug-likeness (QED) is 0.407. The highest BCUT2D eigenvalue weighted by molar-refractivity contribution is 5.79. The van der Waals surface area contributed by atoms with Gasteiger partial charge in [0.05, 0.1) is 6.61 Å². The highest BCUT2D eigenvalue weighted by atomic mass is 16.7. The summed E-state index contributed by atoms with van der Waals surface area (Å²) in [5.41, 5.74) is 6.62. The summed E-state index contributed by atoms with van der Waals surface area (Å²) in [5, 5.41) is 11.8. The molecular formula is C25H30N2O7. The van der Waals surface area contributed by atoms with Gasteiger partial charge >= 0.3 is 12.1 Å². The third kappa shape index (κ3) is 6.33. The van der Waals surface area contributed by atoms with Gasteiger partial charge in [-0.05, 0) is 28.7 Å². The largest absolute Gasteiger partial charge is 0.479 e. The van der Waals surface area contributed by atoms with Gasteiger partial charge in [0, 0.05) is 25.5 Å². The molecule has 9 nitrogen and oxygen atoms in total. The van der Waals surface area contributed by atoms with E-state index in [0.29, 0.717) is 6.42 Å². The number of carbonyl (C=O) groups excluding carboxylic acids is 2. The third-order valence-corrected chi connectivity index (χ3v) is 5.64. The molecule has 1 aliphatic rings. The standard InChI is InChI=1S/C25H30N2O7/c1-3-8-16(13-23(28)27-34-22(15-32-2)24(29)30)26-25(31)33-14-21-19-11-6-4-9-17(19)18-10-5-7-12-20(18)21/h4-7,9-12,16,21-22H,3,8,13-15H2,1-2H3,(H,26,31)(H,27,28)(H,29,30)/t16-,22?/m1/s1. The van der Waals surface area contributed by atoms with Crippen LogP contribution in [0.2, 0.25) is 0 Å². The number of hydroxylamine groups is 1. The van der Waals surface area contributed by atoms with Crippen molar-refractivity contribution in [3.63, 3.8) is 0 Å². The number of benzene rings is 2. The Balaban J connectivity index is 1.54. The molecule has 0 heterocycles. The number of carbonyl (C=O) groups is 3. The molecule has 0 radical (unpaired) electrons. The van der Waals surface area contributed by atoms with Crippen LogP contribution in [-0.2, 0) is 23.9 Å². The zero-order valence-electron chi connectivity index (χ0n) is 19.3. The molecule has 34 heavy (non-hydrogen) atoms. The third-order valence-electron chi connectivity index (χ3n) is 5.64. The lowest BCUT2D eigenvalue weighted by molar-refractivity contribution is -0.165. The van der Waals surface area contributed by atoms with Crippen LogP contribution in [0.5, 0.6) is 0 Å². The molecule has 0 saturated carbocycles. The van der Waals surface area contributed by atoms with Crippen LogP contribution in [0, 0.1) is 0 Å². The second-order valence-electron chi connectivity index (χ2n) is 8.08. The molecule has 2 atom stereocenters. The SMILES string of the molecule is CCC[C@H](CC(=O)NOC(COC)C(=O)O)NC(=O)OCC1c2ccccc2-c2ccccc21. The van der Waals surface area contributed by atoms with Crippen molar-refractivity contribution in [1.29, 1.82) is 0 Å². The Bertz CT molecular complexity index is 965. The average Bonchev–Trinajstić information content (AvgIpc) is 3.14. The van der Waals surface area contributed by atoms with Crippen molar-refractivity contribution < 1.29 is 33.8 Å². The number of aliphatic carboxylic acids is 1. The molecule has 3 N–H and O–H groups in total. The van der Waals surface area contributed by atoms with Crippen LogP contribution in [0.15, 0.2) is 48.5 Å². The van der Waals surface area contributed by atoms with Gasteiger partial charge in [-0.3, -0.25) is 9.63 Å². The van der Waals surface area contributed by atoms with Crippen molar-refractivity contribution in [3.05, 3.63) is 59.7 Å². The summed E-state index contributed by atoms with van der Waals surface area (Å²) in [6.07, 6.45) is -0.760. The number of amides is 2. The Morgan fingerprint density at radius 3 is 2.21 bits per heavy atom. The first kappa shape index (κ1) is 25.2. The second-order valence-corrected chi connectivity index (χ2v) is 8.08. The topological polar surface area (TPSA) is 123 Å². The monoisotopic (exact) mass is 470 g/mol. The fourth-order valence-electron chi connectivity index (χ4n) is 4.09. The minimum Gasteiger partial charge on any atom is -0.479 e. The maximum Gasteiger partial charge on any atom is 0.407 e. The molecule has 1 unspecified atom stereocenters. The summed E-state index contributed by atoms with van der Waals surface area (Å²) >= 11 is 0. The second kappa shape index (κ2) is 12.2. The van der Waals surface area contributed by atoms with E-state index in [2.05, 4.69) is 22.9 Å². The van der Waals surface area contributed by atoms with Crippen LogP contribution in [0.25, 0.3) is 11.1 Å². The van der Waals surface area contributed by atoms with Gasteiger partial charge in [0.1, 0.15) is 6.61 Å². The summed E-state index contributed by atoms with van der Waals surface area (Å²) in [7, 11) is 1.33. The Morgan fingerprint density at radius 1 is 1.03 bits per heavy atom. The number of fused-ring (bicyclic) bond motifs is 3. The van der Waals surface area contributed by atoms with E-state index in [9.17, 15) is 14.4 Å². The van der Waals surface area contributed by atoms with Crippen LogP contribution < -0.4 is 10.8 Å². The van der Waals surface area contributed by atoms with Crippen LogP contribution in [0.4, 0.5) is 4.79 Å². The molecule has 182 valence electrons. The Kier molecular flexibility index (Phi) is 9.00. The van der Waals surface area contributed by atoms with Gasteiger partial charge in [0.15, 0.2) is 0 Å². The Morgan fingerprint density at radius 2 is 1.65 bits per heavy atom. The number of hydrogen-bond donors (Lipinski definition) is 3. The molecule has 0 fully saturated rings. The normalized spacial score (nSPS) is 13.9. The van der Waals surface area contributed by atoms with Crippen LogP contribution >= 0.6 is 0 Å². The van der Waals surface area contributed by atoms with Crippen LogP contribution in [0.1, 0.15) is 43.2 Å². The van der Waals surface area contributed by atoms with E-state index in [1.807, 2.05) is 43.3 Å². The number of carboxylic acid groups (broad SMARTS) is 1. The fraction of sp³-hybridized carbons (Fsp3) is 0.400. The molecule has 0 bridgehead atoms. The highest BCUT2D eigenvalue weighted by Gasteiger charge is 2.29. The summed E-state index contributed by atoms with van der Waals surface area (Å²) in [6.45, 7) is 1.89. The number of ether oxygens (including phenoxy) is 2. The van der Waals surface area contributed by atoms with Gasteiger partial charge < -0.3 is 19.9 Å². The van der Waals surface area contributed by atoms with Crippen molar-refractivity contribution in [2.45, 2.75) is 44.2 Å². The van der Waals surface area contributed by atoms with Gasteiger partial charge in [-0.15, -0.1) is 0 Å². The van der Waals surface area contributed by atoms with Gasteiger partial charge in [0.2, 0.25) is 12.0 Å². The maximum atomic E-state index is 12.5.